The van der Waals surface area contributed by atoms with Crippen LogP contribution in [0.1, 0.15) is 18.5 Å². The molecule has 2 aromatic rings. The van der Waals surface area contributed by atoms with Crippen molar-refractivity contribution >= 4 is 23.5 Å². The Labute approximate surface area is 179 Å². The summed E-state index contributed by atoms with van der Waals surface area (Å²) in [5.41, 5.74) is 1.34. The van der Waals surface area contributed by atoms with Gasteiger partial charge in [0.25, 0.3) is 0 Å². The van der Waals surface area contributed by atoms with Crippen LogP contribution in [0, 0.1) is 6.92 Å². The number of urea groups is 1. The summed E-state index contributed by atoms with van der Waals surface area (Å²) >= 11 is 0. The van der Waals surface area contributed by atoms with Gasteiger partial charge in [0.05, 0.1) is 0 Å². The minimum Gasteiger partial charge on any atom is -0.435 e. The van der Waals surface area contributed by atoms with E-state index in [2.05, 4.69) is 24.8 Å². The number of carbonyl (C=O) groups excluding carboxylic acids is 1. The number of carbonyl (C=O) groups is 1. The molecule has 4 rings (SSSR count). The maximum Gasteiger partial charge on any atom is 0.387 e. The number of piperazine rings is 1. The van der Waals surface area contributed by atoms with Crippen molar-refractivity contribution < 1.29 is 18.3 Å². The van der Waals surface area contributed by atoms with Crippen LogP contribution in [0.2, 0.25) is 0 Å². The van der Waals surface area contributed by atoms with Gasteiger partial charge in [-0.05, 0) is 31.9 Å². The quantitative estimate of drug-likeness (QED) is 0.781. The summed E-state index contributed by atoms with van der Waals surface area (Å²) in [4.78, 5) is 28.0. The maximum atomic E-state index is 12.6. The van der Waals surface area contributed by atoms with E-state index in [1.54, 1.807) is 17.0 Å². The van der Waals surface area contributed by atoms with Crippen LogP contribution in [-0.2, 0) is 0 Å². The number of amides is 2. The molecule has 1 aromatic carbocycles. The van der Waals surface area contributed by atoms with Crippen LogP contribution in [0.4, 0.5) is 31.0 Å². The number of nitrogens with one attached hydrogen (secondary N) is 1. The van der Waals surface area contributed by atoms with Crippen molar-refractivity contribution in [1.29, 1.82) is 0 Å². The number of aromatic nitrogens is 2. The van der Waals surface area contributed by atoms with Crippen molar-refractivity contribution in [3.8, 4) is 5.75 Å². The highest BCUT2D eigenvalue weighted by Gasteiger charge is 2.24. The van der Waals surface area contributed by atoms with E-state index in [0.717, 1.165) is 43.4 Å². The first-order valence-electron chi connectivity index (χ1n) is 10.4. The first-order chi connectivity index (χ1) is 15.0. The second kappa shape index (κ2) is 9.32. The molecule has 0 radical (unpaired) electrons. The average Bonchev–Trinajstić information content (AvgIpc) is 3.28. The number of alkyl halides is 2. The van der Waals surface area contributed by atoms with Crippen molar-refractivity contribution in [2.24, 2.45) is 0 Å². The molecule has 3 heterocycles. The van der Waals surface area contributed by atoms with Gasteiger partial charge in [-0.3, -0.25) is 0 Å². The standard InChI is InChI=1S/C21H26F2N6O2/c1-15-13-18(26-20(24-15)28-7-2-3-8-28)27-9-11-29(12-10-27)21(30)25-16-5-4-6-17(14-16)31-19(22)23/h4-6,13-14,19H,2-3,7-12H2,1H3,(H,25,30). The van der Waals surface area contributed by atoms with Gasteiger partial charge in [0.2, 0.25) is 5.95 Å². The zero-order valence-electron chi connectivity index (χ0n) is 17.4. The number of halogens is 2. The lowest BCUT2D eigenvalue weighted by Crippen LogP contribution is -2.50. The number of hydrogen-bond acceptors (Lipinski definition) is 6. The Bertz CT molecular complexity index is 914. The number of rotatable bonds is 5. The second-order valence-electron chi connectivity index (χ2n) is 7.67. The minimum absolute atomic E-state index is 0.00515. The van der Waals surface area contributed by atoms with Crippen molar-refractivity contribution in [3.63, 3.8) is 0 Å². The van der Waals surface area contributed by atoms with Gasteiger partial charge in [-0.1, -0.05) is 6.07 Å². The highest BCUT2D eigenvalue weighted by molar-refractivity contribution is 5.89. The molecule has 2 aliphatic heterocycles. The van der Waals surface area contributed by atoms with Gasteiger partial charge in [0.1, 0.15) is 11.6 Å². The predicted octanol–water partition coefficient (Wildman–Crippen LogP) is 3.34. The molecule has 2 fully saturated rings. The topological polar surface area (TPSA) is 73.8 Å². The summed E-state index contributed by atoms with van der Waals surface area (Å²) in [6, 6.07) is 7.69. The molecule has 0 unspecified atom stereocenters. The molecule has 0 atom stereocenters. The highest BCUT2D eigenvalue weighted by Crippen LogP contribution is 2.23. The highest BCUT2D eigenvalue weighted by atomic mass is 19.3. The molecular formula is C21H26F2N6O2. The summed E-state index contributed by atoms with van der Waals surface area (Å²) in [5, 5.41) is 2.75. The van der Waals surface area contributed by atoms with Gasteiger partial charge >= 0.3 is 12.6 Å². The molecule has 0 spiro atoms. The van der Waals surface area contributed by atoms with E-state index in [-0.39, 0.29) is 11.8 Å². The average molecular weight is 432 g/mol. The third-order valence-corrected chi connectivity index (χ3v) is 5.42. The van der Waals surface area contributed by atoms with Crippen LogP contribution in [0.25, 0.3) is 0 Å². The summed E-state index contributed by atoms with van der Waals surface area (Å²) in [6.45, 7) is 3.40. The Balaban J connectivity index is 1.35. The van der Waals surface area contributed by atoms with E-state index in [4.69, 9.17) is 4.98 Å². The number of nitrogens with zero attached hydrogens (tertiary/aromatic N) is 5. The van der Waals surface area contributed by atoms with E-state index in [1.165, 1.54) is 12.1 Å². The lowest BCUT2D eigenvalue weighted by Gasteiger charge is -2.35. The van der Waals surface area contributed by atoms with E-state index >= 15 is 0 Å². The number of anilines is 3. The maximum absolute atomic E-state index is 12.6. The molecule has 2 saturated heterocycles. The molecule has 10 heteroatoms. The first kappa shape index (κ1) is 21.1. The molecule has 166 valence electrons. The fourth-order valence-corrected chi connectivity index (χ4v) is 3.85. The molecule has 1 aromatic heterocycles. The lowest BCUT2D eigenvalue weighted by molar-refractivity contribution is -0.0498. The van der Waals surface area contributed by atoms with Crippen LogP contribution in [0.15, 0.2) is 30.3 Å². The van der Waals surface area contributed by atoms with Gasteiger partial charge in [0.15, 0.2) is 0 Å². The largest absolute Gasteiger partial charge is 0.435 e. The van der Waals surface area contributed by atoms with E-state index < -0.39 is 6.61 Å². The zero-order valence-corrected chi connectivity index (χ0v) is 17.4. The van der Waals surface area contributed by atoms with Crippen LogP contribution >= 0.6 is 0 Å². The number of benzene rings is 1. The number of hydrogen-bond donors (Lipinski definition) is 1. The third kappa shape index (κ3) is 5.31. The van der Waals surface area contributed by atoms with Crippen LogP contribution < -0.4 is 19.9 Å². The Morgan fingerprint density at radius 2 is 1.77 bits per heavy atom. The molecule has 2 aliphatic rings. The summed E-state index contributed by atoms with van der Waals surface area (Å²) in [5.74, 6) is 1.66. The zero-order chi connectivity index (χ0) is 21.8. The number of aryl methyl sites for hydroxylation is 1. The van der Waals surface area contributed by atoms with E-state index in [1.807, 2.05) is 13.0 Å². The Kier molecular flexibility index (Phi) is 6.34. The van der Waals surface area contributed by atoms with Crippen LogP contribution in [-0.4, -0.2) is 66.8 Å². The number of ether oxygens (including phenoxy) is 1. The molecule has 1 N–H and O–H groups in total. The first-order valence-corrected chi connectivity index (χ1v) is 10.4. The fourth-order valence-electron chi connectivity index (χ4n) is 3.85. The van der Waals surface area contributed by atoms with Crippen molar-refractivity contribution in [1.82, 2.24) is 14.9 Å². The molecule has 31 heavy (non-hydrogen) atoms. The Morgan fingerprint density at radius 1 is 1.03 bits per heavy atom. The monoisotopic (exact) mass is 432 g/mol. The van der Waals surface area contributed by atoms with E-state index in [9.17, 15) is 13.6 Å². The van der Waals surface area contributed by atoms with Gasteiger partial charge in [0, 0.05) is 62.8 Å². The van der Waals surface area contributed by atoms with Gasteiger partial charge in [-0.2, -0.15) is 13.8 Å². The summed E-state index contributed by atoms with van der Waals surface area (Å²) in [6.07, 6.45) is 2.33. The SMILES string of the molecule is Cc1cc(N2CCN(C(=O)Nc3cccc(OC(F)F)c3)CC2)nc(N2CCCC2)n1. The van der Waals surface area contributed by atoms with Gasteiger partial charge in [-0.25, -0.2) is 9.78 Å². The molecule has 8 nitrogen and oxygen atoms in total. The molecule has 2 amide bonds. The Morgan fingerprint density at radius 3 is 2.48 bits per heavy atom. The summed E-state index contributed by atoms with van der Waals surface area (Å²) in [7, 11) is 0. The second-order valence-corrected chi connectivity index (χ2v) is 7.67. The van der Waals surface area contributed by atoms with Crippen LogP contribution in [0.5, 0.6) is 5.75 Å². The predicted molar refractivity (Wildman–Crippen MR) is 114 cm³/mol. The minimum atomic E-state index is -2.91. The smallest absolute Gasteiger partial charge is 0.387 e. The Hall–Kier alpha value is -3.17. The molecule has 0 bridgehead atoms. The molecule has 0 aliphatic carbocycles. The van der Waals surface area contributed by atoms with Crippen LogP contribution in [0.3, 0.4) is 0 Å². The van der Waals surface area contributed by atoms with Gasteiger partial charge < -0.3 is 24.8 Å². The van der Waals surface area contributed by atoms with E-state index in [0.29, 0.717) is 31.9 Å². The summed E-state index contributed by atoms with van der Waals surface area (Å²) < 4.78 is 29.2. The fraction of sp³-hybridized carbons (Fsp3) is 0.476. The van der Waals surface area contributed by atoms with Crippen molar-refractivity contribution in [2.45, 2.75) is 26.4 Å². The normalized spacial score (nSPS) is 16.7. The third-order valence-electron chi connectivity index (χ3n) is 5.42. The van der Waals surface area contributed by atoms with Crippen molar-refractivity contribution in [2.75, 3.05) is 54.4 Å². The van der Waals surface area contributed by atoms with Crippen molar-refractivity contribution in [3.05, 3.63) is 36.0 Å². The van der Waals surface area contributed by atoms with Gasteiger partial charge in [-0.15, -0.1) is 0 Å². The lowest BCUT2D eigenvalue weighted by atomic mass is 10.3. The molecular weight excluding hydrogens is 406 g/mol. The molecule has 0 saturated carbocycles.